The van der Waals surface area contributed by atoms with Crippen LogP contribution in [0.5, 0.6) is 0 Å². The van der Waals surface area contributed by atoms with Crippen LogP contribution in [-0.4, -0.2) is 47.0 Å². The summed E-state index contributed by atoms with van der Waals surface area (Å²) in [5.74, 6) is 0.585. The number of fused-ring (bicyclic) bond motifs is 4. The first-order valence-corrected chi connectivity index (χ1v) is 10.2. The highest BCUT2D eigenvalue weighted by Gasteiger charge is 2.40. The lowest BCUT2D eigenvalue weighted by Crippen LogP contribution is -2.62. The number of carbonyl (C=O) groups is 1. The number of piperidine rings is 3. The minimum absolute atomic E-state index is 0.0300. The summed E-state index contributed by atoms with van der Waals surface area (Å²) in [6.07, 6.45) is 6.75. The molecule has 0 aromatic carbocycles. The molecular formula is C19H24N4OS. The first kappa shape index (κ1) is 15.6. The molecule has 25 heavy (non-hydrogen) atoms. The minimum Gasteiger partial charge on any atom is -0.374 e. The van der Waals surface area contributed by atoms with E-state index in [-0.39, 0.29) is 11.9 Å². The quantitative estimate of drug-likeness (QED) is 0.884. The van der Waals surface area contributed by atoms with Gasteiger partial charge < -0.3 is 10.6 Å². The van der Waals surface area contributed by atoms with Crippen molar-refractivity contribution in [2.75, 3.05) is 18.4 Å². The normalized spacial score (nSPS) is 31.2. The molecule has 2 unspecified atom stereocenters. The maximum atomic E-state index is 12.8. The Morgan fingerprint density at radius 3 is 2.76 bits per heavy atom. The summed E-state index contributed by atoms with van der Waals surface area (Å²) in [5, 5.41) is 9.10. The SMILES string of the molecule is CC1C(NC(=O)c2cc3sc(NC4CC4)cc3cn2)C2CCN1CC2. The Morgan fingerprint density at radius 2 is 2.04 bits per heavy atom. The fourth-order valence-corrected chi connectivity index (χ4v) is 5.38. The lowest BCUT2D eigenvalue weighted by molar-refractivity contribution is 0.0216. The van der Waals surface area contributed by atoms with Crippen LogP contribution >= 0.6 is 11.3 Å². The molecule has 0 radical (unpaired) electrons. The lowest BCUT2D eigenvalue weighted by Gasteiger charge is -2.49. The van der Waals surface area contributed by atoms with Crippen molar-refractivity contribution in [3.63, 3.8) is 0 Å². The zero-order chi connectivity index (χ0) is 17.0. The zero-order valence-electron chi connectivity index (χ0n) is 14.5. The number of anilines is 1. The van der Waals surface area contributed by atoms with Crippen LogP contribution in [0.25, 0.3) is 10.1 Å². The largest absolute Gasteiger partial charge is 0.374 e. The van der Waals surface area contributed by atoms with Gasteiger partial charge in [-0.05, 0) is 63.7 Å². The Balaban J connectivity index is 1.34. The van der Waals surface area contributed by atoms with Crippen molar-refractivity contribution in [1.29, 1.82) is 0 Å². The molecule has 5 heterocycles. The van der Waals surface area contributed by atoms with Gasteiger partial charge in [0.25, 0.3) is 5.91 Å². The summed E-state index contributed by atoms with van der Waals surface area (Å²) < 4.78 is 1.13. The number of nitrogens with one attached hydrogen (secondary N) is 2. The second kappa shape index (κ2) is 5.95. The third kappa shape index (κ3) is 2.91. The highest BCUT2D eigenvalue weighted by Crippen LogP contribution is 2.34. The molecule has 1 saturated carbocycles. The van der Waals surface area contributed by atoms with Crippen LogP contribution in [-0.2, 0) is 0 Å². The van der Waals surface area contributed by atoms with Crippen LogP contribution in [0.2, 0.25) is 0 Å². The third-order valence-electron chi connectivity index (χ3n) is 6.03. The Labute approximate surface area is 151 Å². The van der Waals surface area contributed by atoms with Gasteiger partial charge in [-0.1, -0.05) is 0 Å². The van der Waals surface area contributed by atoms with E-state index in [1.165, 1.54) is 43.8 Å². The van der Waals surface area contributed by atoms with E-state index in [2.05, 4.69) is 33.5 Å². The number of pyridine rings is 1. The van der Waals surface area contributed by atoms with Crippen LogP contribution in [0.3, 0.4) is 0 Å². The first-order valence-electron chi connectivity index (χ1n) is 9.38. The first-order chi connectivity index (χ1) is 12.2. The van der Waals surface area contributed by atoms with E-state index in [0.717, 1.165) is 10.1 Å². The van der Waals surface area contributed by atoms with E-state index in [0.29, 0.717) is 23.7 Å². The van der Waals surface area contributed by atoms with Gasteiger partial charge >= 0.3 is 0 Å². The Hall–Kier alpha value is -1.66. The summed E-state index contributed by atoms with van der Waals surface area (Å²) in [4.78, 5) is 19.7. The molecule has 1 amide bonds. The van der Waals surface area contributed by atoms with Crippen molar-refractivity contribution < 1.29 is 4.79 Å². The average molecular weight is 356 g/mol. The van der Waals surface area contributed by atoms with Crippen molar-refractivity contribution in [3.05, 3.63) is 24.0 Å². The molecule has 5 nitrogen and oxygen atoms in total. The fourth-order valence-electron chi connectivity index (χ4n) is 4.33. The number of rotatable bonds is 4. The van der Waals surface area contributed by atoms with Crippen LogP contribution in [0, 0.1) is 5.92 Å². The molecule has 2 aromatic rings. The second-order valence-electron chi connectivity index (χ2n) is 7.75. The van der Waals surface area contributed by atoms with E-state index in [4.69, 9.17) is 0 Å². The van der Waals surface area contributed by atoms with E-state index < -0.39 is 0 Å². The second-order valence-corrected chi connectivity index (χ2v) is 8.83. The van der Waals surface area contributed by atoms with Gasteiger partial charge in [0.2, 0.25) is 0 Å². The molecule has 4 fully saturated rings. The molecule has 4 aliphatic rings. The number of thiophene rings is 1. The smallest absolute Gasteiger partial charge is 0.270 e. The summed E-state index contributed by atoms with van der Waals surface area (Å²) in [5.41, 5.74) is 0.538. The van der Waals surface area contributed by atoms with Crippen molar-refractivity contribution in [3.8, 4) is 0 Å². The van der Waals surface area contributed by atoms with Gasteiger partial charge in [-0.3, -0.25) is 14.7 Å². The molecule has 6 rings (SSSR count). The van der Waals surface area contributed by atoms with Gasteiger partial charge in [0, 0.05) is 34.4 Å². The molecule has 2 bridgehead atoms. The summed E-state index contributed by atoms with van der Waals surface area (Å²) in [6, 6.07) is 5.41. The standard InChI is InChI=1S/C19H24N4OS/c1-11-18(12-4-6-23(11)7-5-12)22-19(24)15-9-16-13(10-20-15)8-17(25-16)21-14-2-3-14/h8-12,14,18,21H,2-7H2,1H3,(H,22,24). The lowest BCUT2D eigenvalue weighted by atomic mass is 9.79. The number of aromatic nitrogens is 1. The van der Waals surface area contributed by atoms with Crippen molar-refractivity contribution in [1.82, 2.24) is 15.2 Å². The highest BCUT2D eigenvalue weighted by molar-refractivity contribution is 7.22. The molecule has 1 aliphatic carbocycles. The summed E-state index contributed by atoms with van der Waals surface area (Å²) >= 11 is 1.72. The van der Waals surface area contributed by atoms with Gasteiger partial charge in [-0.2, -0.15) is 0 Å². The molecule has 2 N–H and O–H groups in total. The topological polar surface area (TPSA) is 57.3 Å². The average Bonchev–Trinajstić information content (AvgIpc) is 3.34. The van der Waals surface area contributed by atoms with Crippen LogP contribution in [0.1, 0.15) is 43.1 Å². The third-order valence-corrected chi connectivity index (χ3v) is 7.06. The summed E-state index contributed by atoms with van der Waals surface area (Å²) in [7, 11) is 0. The number of hydrogen-bond donors (Lipinski definition) is 2. The molecule has 0 spiro atoms. The molecule has 6 heteroatoms. The summed E-state index contributed by atoms with van der Waals surface area (Å²) in [6.45, 7) is 4.59. The van der Waals surface area contributed by atoms with Crippen molar-refractivity contribution in [2.24, 2.45) is 5.92 Å². The van der Waals surface area contributed by atoms with E-state index in [9.17, 15) is 4.79 Å². The predicted octanol–water partition coefficient (Wildman–Crippen LogP) is 3.08. The minimum atomic E-state index is -0.0300. The van der Waals surface area contributed by atoms with E-state index in [1.807, 2.05) is 12.3 Å². The molecule has 2 atom stereocenters. The Morgan fingerprint density at radius 1 is 1.24 bits per heavy atom. The Kier molecular flexibility index (Phi) is 3.71. The molecule has 3 saturated heterocycles. The van der Waals surface area contributed by atoms with Crippen molar-refractivity contribution in [2.45, 2.75) is 50.7 Å². The van der Waals surface area contributed by atoms with Crippen LogP contribution < -0.4 is 10.6 Å². The van der Waals surface area contributed by atoms with Crippen molar-refractivity contribution >= 4 is 32.3 Å². The highest BCUT2D eigenvalue weighted by atomic mass is 32.1. The van der Waals surface area contributed by atoms with Gasteiger partial charge in [0.15, 0.2) is 0 Å². The number of amides is 1. The number of nitrogens with zero attached hydrogens (tertiary/aromatic N) is 2. The maximum Gasteiger partial charge on any atom is 0.270 e. The molecule has 2 aromatic heterocycles. The number of hydrogen-bond acceptors (Lipinski definition) is 5. The van der Waals surface area contributed by atoms with Crippen LogP contribution in [0.15, 0.2) is 18.3 Å². The molecular weight excluding hydrogens is 332 g/mol. The fraction of sp³-hybridized carbons (Fsp3) is 0.579. The predicted molar refractivity (Wildman–Crippen MR) is 101 cm³/mol. The van der Waals surface area contributed by atoms with Gasteiger partial charge in [0.05, 0.1) is 5.00 Å². The van der Waals surface area contributed by atoms with E-state index >= 15 is 0 Å². The van der Waals surface area contributed by atoms with Gasteiger partial charge in [-0.25, -0.2) is 0 Å². The molecule has 132 valence electrons. The van der Waals surface area contributed by atoms with E-state index in [1.54, 1.807) is 11.3 Å². The zero-order valence-corrected chi connectivity index (χ0v) is 15.3. The maximum absolute atomic E-state index is 12.8. The molecule has 3 aliphatic heterocycles. The van der Waals surface area contributed by atoms with Gasteiger partial charge in [-0.15, -0.1) is 11.3 Å². The Bertz CT molecular complexity index is 805. The van der Waals surface area contributed by atoms with Gasteiger partial charge in [0.1, 0.15) is 5.69 Å². The number of carbonyl (C=O) groups excluding carboxylic acids is 1. The monoisotopic (exact) mass is 356 g/mol. The van der Waals surface area contributed by atoms with Crippen LogP contribution in [0.4, 0.5) is 5.00 Å².